The fourth-order valence-electron chi connectivity index (χ4n) is 2.80. The minimum Gasteiger partial charge on any atom is -0.378 e. The number of ether oxygens (including phenoxy) is 1. The van der Waals surface area contributed by atoms with Crippen molar-refractivity contribution in [1.29, 1.82) is 5.26 Å². The van der Waals surface area contributed by atoms with E-state index in [0.29, 0.717) is 43.3 Å². The molecule has 0 unspecified atom stereocenters. The summed E-state index contributed by atoms with van der Waals surface area (Å²) in [6.07, 6.45) is 0. The van der Waals surface area contributed by atoms with E-state index < -0.39 is 0 Å². The lowest BCUT2D eigenvalue weighted by molar-refractivity contribution is 0.0955. The average Bonchev–Trinajstić information content (AvgIpc) is 2.71. The lowest BCUT2D eigenvalue weighted by Crippen LogP contribution is -2.37. The zero-order valence-electron chi connectivity index (χ0n) is 15.2. The van der Waals surface area contributed by atoms with Crippen molar-refractivity contribution in [2.75, 3.05) is 49.6 Å². The van der Waals surface area contributed by atoms with Crippen molar-refractivity contribution in [1.82, 2.24) is 15.3 Å². The molecule has 140 valence electrons. The van der Waals surface area contributed by atoms with E-state index in [9.17, 15) is 4.79 Å². The number of nitriles is 1. The lowest BCUT2D eigenvalue weighted by atomic mass is 10.1. The minimum atomic E-state index is -0.207. The number of hydrogen-bond acceptors (Lipinski definition) is 7. The molecule has 1 aliphatic heterocycles. The molecule has 3 rings (SSSR count). The number of benzene rings is 1. The van der Waals surface area contributed by atoms with Crippen LogP contribution in [-0.2, 0) is 4.74 Å². The highest BCUT2D eigenvalue weighted by Gasteiger charge is 2.14. The van der Waals surface area contributed by atoms with Crippen molar-refractivity contribution >= 4 is 17.5 Å². The predicted molar refractivity (Wildman–Crippen MR) is 102 cm³/mol. The molecule has 0 aliphatic carbocycles. The topological polar surface area (TPSA) is 103 Å². The van der Waals surface area contributed by atoms with E-state index in [4.69, 9.17) is 10.00 Å². The molecule has 1 aromatic carbocycles. The highest BCUT2D eigenvalue weighted by Crippen LogP contribution is 2.16. The number of nitrogens with zero attached hydrogens (tertiary/aromatic N) is 4. The Morgan fingerprint density at radius 3 is 2.85 bits per heavy atom. The molecule has 8 heteroatoms. The van der Waals surface area contributed by atoms with E-state index in [0.717, 1.165) is 24.7 Å². The molecule has 2 aromatic rings. The molecule has 0 atom stereocenters. The van der Waals surface area contributed by atoms with Crippen molar-refractivity contribution < 1.29 is 9.53 Å². The predicted octanol–water partition coefficient (Wildman–Crippen LogP) is 1.34. The first kappa shape index (κ1) is 18.6. The van der Waals surface area contributed by atoms with Crippen molar-refractivity contribution in [3.8, 4) is 6.07 Å². The zero-order chi connectivity index (χ0) is 19.1. The Bertz CT molecular complexity index is 842. The Morgan fingerprint density at radius 2 is 2.07 bits per heavy atom. The Morgan fingerprint density at radius 1 is 1.26 bits per heavy atom. The van der Waals surface area contributed by atoms with Crippen molar-refractivity contribution in [3.05, 3.63) is 47.3 Å². The molecule has 1 saturated heterocycles. The number of hydrogen-bond donors (Lipinski definition) is 2. The summed E-state index contributed by atoms with van der Waals surface area (Å²) in [6, 6.07) is 10.6. The number of anilines is 2. The molecule has 2 N–H and O–H groups in total. The maximum atomic E-state index is 12.1. The number of rotatable bonds is 6. The summed E-state index contributed by atoms with van der Waals surface area (Å²) >= 11 is 0. The van der Waals surface area contributed by atoms with Gasteiger partial charge in [0.25, 0.3) is 5.91 Å². The van der Waals surface area contributed by atoms with E-state index in [1.165, 1.54) is 0 Å². The molecule has 0 bridgehead atoms. The van der Waals surface area contributed by atoms with Crippen molar-refractivity contribution in [2.45, 2.75) is 6.92 Å². The summed E-state index contributed by atoms with van der Waals surface area (Å²) in [5.74, 6) is 2.09. The van der Waals surface area contributed by atoms with Gasteiger partial charge in [-0.25, -0.2) is 9.97 Å². The SMILES string of the molecule is Cc1nc(NCCNC(=O)c2cccc(C#N)c2)cc(N2CCOCC2)n1. The van der Waals surface area contributed by atoms with Gasteiger partial charge in [0, 0.05) is 37.8 Å². The molecule has 1 amide bonds. The monoisotopic (exact) mass is 366 g/mol. The van der Waals surface area contributed by atoms with E-state index in [1.54, 1.807) is 24.3 Å². The molecule has 0 radical (unpaired) electrons. The lowest BCUT2D eigenvalue weighted by Gasteiger charge is -2.28. The summed E-state index contributed by atoms with van der Waals surface area (Å²) in [4.78, 5) is 23.2. The van der Waals surface area contributed by atoms with Gasteiger partial charge in [-0.3, -0.25) is 4.79 Å². The van der Waals surface area contributed by atoms with Crippen molar-refractivity contribution in [3.63, 3.8) is 0 Å². The summed E-state index contributed by atoms with van der Waals surface area (Å²) in [5.41, 5.74) is 0.939. The van der Waals surface area contributed by atoms with Gasteiger partial charge in [0.15, 0.2) is 0 Å². The fraction of sp³-hybridized carbons (Fsp3) is 0.368. The molecular weight excluding hydrogens is 344 g/mol. The maximum absolute atomic E-state index is 12.1. The van der Waals surface area contributed by atoms with Gasteiger partial charge >= 0.3 is 0 Å². The second-order valence-corrected chi connectivity index (χ2v) is 6.13. The van der Waals surface area contributed by atoms with E-state index in [1.807, 2.05) is 19.1 Å². The number of nitrogens with one attached hydrogen (secondary N) is 2. The van der Waals surface area contributed by atoms with Gasteiger partial charge in [-0.2, -0.15) is 5.26 Å². The number of carbonyl (C=O) groups is 1. The molecule has 0 spiro atoms. The Hall–Kier alpha value is -3.18. The van der Waals surface area contributed by atoms with E-state index >= 15 is 0 Å². The molecule has 2 heterocycles. The van der Waals surface area contributed by atoms with Crippen LogP contribution in [0.2, 0.25) is 0 Å². The van der Waals surface area contributed by atoms with E-state index in [2.05, 4.69) is 25.5 Å². The number of amides is 1. The quantitative estimate of drug-likeness (QED) is 0.744. The maximum Gasteiger partial charge on any atom is 0.251 e. The van der Waals surface area contributed by atoms with Crippen LogP contribution >= 0.6 is 0 Å². The molecule has 8 nitrogen and oxygen atoms in total. The van der Waals surface area contributed by atoms with Crippen LogP contribution in [0.4, 0.5) is 11.6 Å². The van der Waals surface area contributed by atoms with Gasteiger partial charge in [-0.15, -0.1) is 0 Å². The summed E-state index contributed by atoms with van der Waals surface area (Å²) in [7, 11) is 0. The Labute approximate surface area is 158 Å². The zero-order valence-corrected chi connectivity index (χ0v) is 15.2. The second kappa shape index (κ2) is 8.96. The molecule has 27 heavy (non-hydrogen) atoms. The van der Waals surface area contributed by atoms with Crippen LogP contribution in [0.15, 0.2) is 30.3 Å². The van der Waals surface area contributed by atoms with Gasteiger partial charge in [-0.1, -0.05) is 6.07 Å². The number of carbonyl (C=O) groups excluding carboxylic acids is 1. The average molecular weight is 366 g/mol. The van der Waals surface area contributed by atoms with Gasteiger partial charge < -0.3 is 20.3 Å². The summed E-state index contributed by atoms with van der Waals surface area (Å²) < 4.78 is 5.38. The number of morpholine rings is 1. The van der Waals surface area contributed by atoms with Crippen LogP contribution in [0.1, 0.15) is 21.7 Å². The van der Waals surface area contributed by atoms with Gasteiger partial charge in [0.05, 0.1) is 24.8 Å². The molecule has 1 aromatic heterocycles. The highest BCUT2D eigenvalue weighted by atomic mass is 16.5. The van der Waals surface area contributed by atoms with Gasteiger partial charge in [0.1, 0.15) is 17.5 Å². The van der Waals surface area contributed by atoms with Gasteiger partial charge in [0.2, 0.25) is 0 Å². The molecule has 1 fully saturated rings. The van der Waals surface area contributed by atoms with E-state index in [-0.39, 0.29) is 5.91 Å². The molecular formula is C19H22N6O2. The second-order valence-electron chi connectivity index (χ2n) is 6.13. The third kappa shape index (κ3) is 5.15. The minimum absolute atomic E-state index is 0.207. The Balaban J connectivity index is 1.52. The number of aromatic nitrogens is 2. The molecule has 1 aliphatic rings. The van der Waals surface area contributed by atoms with Crippen LogP contribution in [0.5, 0.6) is 0 Å². The van der Waals surface area contributed by atoms with Crippen LogP contribution in [0.3, 0.4) is 0 Å². The first-order chi connectivity index (χ1) is 13.2. The highest BCUT2D eigenvalue weighted by molar-refractivity contribution is 5.94. The van der Waals surface area contributed by atoms with Crippen LogP contribution in [-0.4, -0.2) is 55.3 Å². The van der Waals surface area contributed by atoms with Crippen LogP contribution in [0, 0.1) is 18.3 Å². The normalized spacial score (nSPS) is 13.7. The first-order valence-electron chi connectivity index (χ1n) is 8.86. The molecule has 0 saturated carbocycles. The Kier molecular flexibility index (Phi) is 6.18. The van der Waals surface area contributed by atoms with Crippen LogP contribution < -0.4 is 15.5 Å². The van der Waals surface area contributed by atoms with Crippen LogP contribution in [0.25, 0.3) is 0 Å². The summed E-state index contributed by atoms with van der Waals surface area (Å²) in [6.45, 7) is 5.85. The largest absolute Gasteiger partial charge is 0.378 e. The summed E-state index contributed by atoms with van der Waals surface area (Å²) in [5, 5.41) is 15.0. The standard InChI is InChI=1S/C19H22N6O2/c1-14-23-17(12-18(24-14)25-7-9-27-10-8-25)21-5-6-22-19(26)16-4-2-3-15(11-16)13-20/h2-4,11-12H,5-10H2,1H3,(H,22,26)(H,21,23,24). The number of aryl methyl sites for hydroxylation is 1. The first-order valence-corrected chi connectivity index (χ1v) is 8.86. The van der Waals surface area contributed by atoms with Gasteiger partial charge in [-0.05, 0) is 25.1 Å². The third-order valence-corrected chi connectivity index (χ3v) is 4.13. The third-order valence-electron chi connectivity index (χ3n) is 4.13. The fourth-order valence-corrected chi connectivity index (χ4v) is 2.80. The van der Waals surface area contributed by atoms with Crippen molar-refractivity contribution in [2.24, 2.45) is 0 Å². The smallest absolute Gasteiger partial charge is 0.251 e.